The molecule has 1 amide bonds. The average molecular weight is 471 g/mol. The molecule has 0 spiro atoms. The van der Waals surface area contributed by atoms with E-state index in [1.54, 1.807) is 18.2 Å². The van der Waals surface area contributed by atoms with Crippen LogP contribution in [0.2, 0.25) is 0 Å². The molecule has 0 saturated heterocycles. The number of nitrogens with zero attached hydrogens (tertiary/aromatic N) is 1. The van der Waals surface area contributed by atoms with E-state index < -0.39 is 33.8 Å². The Morgan fingerprint density at radius 3 is 2.53 bits per heavy atom. The van der Waals surface area contributed by atoms with Gasteiger partial charge in [0.15, 0.2) is 0 Å². The number of carbonyl (C=O) groups excluding carboxylic acids is 1. The lowest BCUT2D eigenvalue weighted by Gasteiger charge is -2.14. The number of amidine groups is 1. The molecule has 12 heteroatoms. The van der Waals surface area contributed by atoms with Gasteiger partial charge in [0.1, 0.15) is 24.3 Å². The van der Waals surface area contributed by atoms with Crippen LogP contribution in [0.15, 0.2) is 58.4 Å². The summed E-state index contributed by atoms with van der Waals surface area (Å²) in [6.07, 6.45) is -5.57. The summed E-state index contributed by atoms with van der Waals surface area (Å²) in [6, 6.07) is 10.4. The molecule has 8 nitrogen and oxygen atoms in total. The fourth-order valence-corrected chi connectivity index (χ4v) is 4.08. The summed E-state index contributed by atoms with van der Waals surface area (Å²) >= 11 is 0. The quantitative estimate of drug-likeness (QED) is 0.542. The van der Waals surface area contributed by atoms with Gasteiger partial charge in [-0.2, -0.15) is 13.2 Å². The number of ether oxygens (including phenoxy) is 1. The normalized spacial score (nSPS) is 16.8. The van der Waals surface area contributed by atoms with Gasteiger partial charge in [0, 0.05) is 18.5 Å². The Bertz CT molecular complexity index is 1100. The van der Waals surface area contributed by atoms with E-state index in [2.05, 4.69) is 15.0 Å². The number of aliphatic hydroxyl groups is 1. The first-order chi connectivity index (χ1) is 15.1. The Labute approximate surface area is 182 Å². The van der Waals surface area contributed by atoms with Crippen LogP contribution in [0.3, 0.4) is 0 Å². The van der Waals surface area contributed by atoms with Crippen molar-refractivity contribution in [2.75, 3.05) is 19.7 Å². The van der Waals surface area contributed by atoms with Crippen molar-refractivity contribution < 1.29 is 36.2 Å². The number of aliphatic imine (C=N–C) groups is 1. The minimum absolute atomic E-state index is 0.0240. The smallest absolute Gasteiger partial charge is 0.416 e. The number of hydrogen-bond acceptors (Lipinski definition) is 6. The van der Waals surface area contributed by atoms with E-state index in [0.29, 0.717) is 5.56 Å². The second-order valence-electron chi connectivity index (χ2n) is 6.87. The summed E-state index contributed by atoms with van der Waals surface area (Å²) in [7, 11) is -3.65. The second-order valence-corrected chi connectivity index (χ2v) is 8.52. The van der Waals surface area contributed by atoms with Crippen LogP contribution in [-0.4, -0.2) is 51.1 Å². The fourth-order valence-electron chi connectivity index (χ4n) is 2.83. The molecule has 1 aliphatic heterocycles. The summed E-state index contributed by atoms with van der Waals surface area (Å²) in [6.45, 7) is -0.339. The van der Waals surface area contributed by atoms with Crippen LogP contribution in [0.5, 0.6) is 5.75 Å². The highest BCUT2D eigenvalue weighted by Gasteiger charge is 2.30. The summed E-state index contributed by atoms with van der Waals surface area (Å²) in [5, 5.41) is 12.4. The number of sulfonamides is 1. The minimum Gasteiger partial charge on any atom is -0.491 e. The van der Waals surface area contributed by atoms with Crippen molar-refractivity contribution in [2.24, 2.45) is 4.99 Å². The van der Waals surface area contributed by atoms with Crippen molar-refractivity contribution in [2.45, 2.75) is 23.6 Å². The zero-order valence-corrected chi connectivity index (χ0v) is 17.4. The largest absolute Gasteiger partial charge is 0.491 e. The minimum atomic E-state index is -4.45. The molecule has 3 N–H and O–H groups in total. The van der Waals surface area contributed by atoms with Crippen LogP contribution in [0.25, 0.3) is 0 Å². The SMILES string of the molecule is O=C(CCN=C1NS(=O)(=O)c2ccccc21)NCC(O)COc1ccc(C(F)(F)F)cc1. The number of amides is 1. The van der Waals surface area contributed by atoms with Gasteiger partial charge in [0.05, 0.1) is 17.0 Å². The van der Waals surface area contributed by atoms with Crippen LogP contribution in [-0.2, 0) is 21.0 Å². The third-order valence-corrected chi connectivity index (χ3v) is 5.83. The zero-order chi connectivity index (χ0) is 23.4. The number of aliphatic hydroxyl groups excluding tert-OH is 1. The Balaban J connectivity index is 1.40. The maximum Gasteiger partial charge on any atom is 0.416 e. The number of hydrogen-bond donors (Lipinski definition) is 3. The first-order valence-electron chi connectivity index (χ1n) is 9.48. The topological polar surface area (TPSA) is 117 Å². The number of carbonyl (C=O) groups is 1. The highest BCUT2D eigenvalue weighted by Crippen LogP contribution is 2.30. The lowest BCUT2D eigenvalue weighted by molar-refractivity contribution is -0.137. The van der Waals surface area contributed by atoms with Crippen molar-refractivity contribution in [3.05, 3.63) is 59.7 Å². The van der Waals surface area contributed by atoms with Gasteiger partial charge < -0.3 is 15.2 Å². The van der Waals surface area contributed by atoms with E-state index in [-0.39, 0.29) is 42.6 Å². The molecule has 2 aromatic rings. The Hall–Kier alpha value is -3.12. The number of rotatable bonds is 8. The summed E-state index contributed by atoms with van der Waals surface area (Å²) in [5.41, 5.74) is -0.376. The van der Waals surface area contributed by atoms with Crippen LogP contribution in [0.4, 0.5) is 13.2 Å². The van der Waals surface area contributed by atoms with E-state index in [0.717, 1.165) is 24.3 Å². The van der Waals surface area contributed by atoms with E-state index in [1.165, 1.54) is 6.07 Å². The van der Waals surface area contributed by atoms with Crippen molar-refractivity contribution in [1.82, 2.24) is 10.0 Å². The lowest BCUT2D eigenvalue weighted by atomic mass is 10.2. The second kappa shape index (κ2) is 9.57. The molecule has 0 fully saturated rings. The van der Waals surface area contributed by atoms with Gasteiger partial charge in [0.25, 0.3) is 10.0 Å². The predicted octanol–water partition coefficient (Wildman–Crippen LogP) is 1.69. The van der Waals surface area contributed by atoms with Gasteiger partial charge in [-0.1, -0.05) is 12.1 Å². The van der Waals surface area contributed by atoms with Gasteiger partial charge in [-0.05, 0) is 36.4 Å². The standard InChI is InChI=1S/C20H20F3N3O5S/c21-20(22,23)13-5-7-15(8-6-13)31-12-14(27)11-25-18(28)9-10-24-19-16-3-1-2-4-17(16)32(29,30)26-19/h1-8,14,27H,9-12H2,(H,24,26)(H,25,28). The van der Waals surface area contributed by atoms with Crippen LogP contribution in [0.1, 0.15) is 17.5 Å². The van der Waals surface area contributed by atoms with E-state index in [1.807, 2.05) is 0 Å². The maximum atomic E-state index is 12.5. The maximum absolute atomic E-state index is 12.5. The third kappa shape index (κ3) is 5.98. The third-order valence-electron chi connectivity index (χ3n) is 4.43. The molecule has 0 aliphatic carbocycles. The average Bonchev–Trinajstić information content (AvgIpc) is 3.01. The molecule has 0 saturated carbocycles. The lowest BCUT2D eigenvalue weighted by Crippen LogP contribution is -2.35. The van der Waals surface area contributed by atoms with Crippen LogP contribution in [0, 0.1) is 0 Å². The summed E-state index contributed by atoms with van der Waals surface area (Å²) in [5.74, 6) is -0.103. The van der Waals surface area contributed by atoms with Crippen molar-refractivity contribution in [1.29, 1.82) is 0 Å². The molecule has 0 aromatic heterocycles. The Morgan fingerprint density at radius 2 is 1.84 bits per heavy atom. The van der Waals surface area contributed by atoms with Gasteiger partial charge in [-0.25, -0.2) is 8.42 Å². The number of fused-ring (bicyclic) bond motifs is 1. The first kappa shape index (κ1) is 23.5. The summed E-state index contributed by atoms with van der Waals surface area (Å²) in [4.78, 5) is 16.2. The zero-order valence-electron chi connectivity index (χ0n) is 16.6. The van der Waals surface area contributed by atoms with Crippen molar-refractivity contribution in [3.8, 4) is 5.75 Å². The molecule has 172 valence electrons. The van der Waals surface area contributed by atoms with Crippen molar-refractivity contribution in [3.63, 3.8) is 0 Å². The fraction of sp³-hybridized carbons (Fsp3) is 0.300. The molecule has 0 bridgehead atoms. The molecular weight excluding hydrogens is 451 g/mol. The van der Waals surface area contributed by atoms with Gasteiger partial charge in [0.2, 0.25) is 5.91 Å². The molecular formula is C20H20F3N3O5S. The van der Waals surface area contributed by atoms with Crippen molar-refractivity contribution >= 4 is 21.8 Å². The molecule has 1 atom stereocenters. The van der Waals surface area contributed by atoms with Crippen LogP contribution >= 0.6 is 0 Å². The molecule has 1 heterocycles. The molecule has 2 aromatic carbocycles. The van der Waals surface area contributed by atoms with Gasteiger partial charge >= 0.3 is 6.18 Å². The number of benzene rings is 2. The van der Waals surface area contributed by atoms with E-state index >= 15 is 0 Å². The molecule has 3 rings (SSSR count). The number of alkyl halides is 3. The molecule has 0 radical (unpaired) electrons. The van der Waals surface area contributed by atoms with Gasteiger partial charge in [-0.15, -0.1) is 0 Å². The molecule has 1 unspecified atom stereocenters. The van der Waals surface area contributed by atoms with Gasteiger partial charge in [-0.3, -0.25) is 14.5 Å². The molecule has 32 heavy (non-hydrogen) atoms. The number of halogens is 3. The monoisotopic (exact) mass is 471 g/mol. The highest BCUT2D eigenvalue weighted by molar-refractivity contribution is 7.90. The Morgan fingerprint density at radius 1 is 1.16 bits per heavy atom. The van der Waals surface area contributed by atoms with E-state index in [4.69, 9.17) is 4.74 Å². The predicted molar refractivity (Wildman–Crippen MR) is 109 cm³/mol. The van der Waals surface area contributed by atoms with E-state index in [9.17, 15) is 31.5 Å². The molecule has 1 aliphatic rings. The van der Waals surface area contributed by atoms with Crippen LogP contribution < -0.4 is 14.8 Å². The highest BCUT2D eigenvalue weighted by atomic mass is 32.2. The number of nitrogens with one attached hydrogen (secondary N) is 2. The Kier molecular flexibility index (Phi) is 7.04. The first-order valence-corrected chi connectivity index (χ1v) is 11.0. The summed E-state index contributed by atoms with van der Waals surface area (Å²) < 4.78 is 69.1.